The third-order valence-corrected chi connectivity index (χ3v) is 7.21. The molecule has 1 fully saturated rings. The van der Waals surface area contributed by atoms with Crippen LogP contribution in [-0.2, 0) is 6.54 Å². The van der Waals surface area contributed by atoms with E-state index in [9.17, 15) is 13.2 Å². The van der Waals surface area contributed by atoms with Crippen LogP contribution in [0.1, 0.15) is 55.6 Å². The van der Waals surface area contributed by atoms with Crippen LogP contribution in [0, 0.1) is 5.82 Å². The van der Waals surface area contributed by atoms with Gasteiger partial charge in [0.15, 0.2) is 5.82 Å². The van der Waals surface area contributed by atoms with Crippen LogP contribution in [-0.4, -0.2) is 48.7 Å². The van der Waals surface area contributed by atoms with E-state index in [-0.39, 0.29) is 11.6 Å². The van der Waals surface area contributed by atoms with E-state index in [1.807, 2.05) is 16.8 Å². The molecule has 3 aromatic heterocycles. The van der Waals surface area contributed by atoms with Gasteiger partial charge in [0.05, 0.1) is 12.8 Å². The van der Waals surface area contributed by atoms with E-state index in [0.717, 1.165) is 30.1 Å². The number of nitrogens with one attached hydrogen (secondary N) is 1. The van der Waals surface area contributed by atoms with Crippen LogP contribution in [0.25, 0.3) is 22.4 Å². The van der Waals surface area contributed by atoms with Gasteiger partial charge >= 0.3 is 6.18 Å². The van der Waals surface area contributed by atoms with Gasteiger partial charge in [-0.2, -0.15) is 13.2 Å². The van der Waals surface area contributed by atoms with Gasteiger partial charge in [-0.05, 0) is 44.4 Å². The standard InChI is InChI=1S/C28H27F4N7O/c1-15(2)39-13-21(28(30,31)32)36-26(39)19-7-4-16(10-20(19)29)12-38-9-8-18-11-33-24(37-25(18)38)22-23(17-5-6-17)34-14-35-27(22)40-3/h4,7-11,13-15,17,26,36H,5-6,12H2,1-3H3. The number of fused-ring (bicyclic) bond motifs is 1. The zero-order valence-corrected chi connectivity index (χ0v) is 22.1. The number of rotatable bonds is 7. The second-order valence-corrected chi connectivity index (χ2v) is 10.3. The first-order chi connectivity index (χ1) is 19.1. The van der Waals surface area contributed by atoms with Crippen molar-refractivity contribution in [3.8, 4) is 17.3 Å². The molecule has 0 radical (unpaired) electrons. The molecule has 1 atom stereocenters. The number of hydrogen-bond acceptors (Lipinski definition) is 7. The Balaban J connectivity index is 1.30. The molecule has 1 aromatic carbocycles. The predicted octanol–water partition coefficient (Wildman–Crippen LogP) is 5.68. The molecule has 1 aliphatic carbocycles. The quantitative estimate of drug-likeness (QED) is 0.295. The van der Waals surface area contributed by atoms with E-state index in [1.54, 1.807) is 33.2 Å². The molecule has 1 aliphatic heterocycles. The summed E-state index contributed by atoms with van der Waals surface area (Å²) in [6.07, 6.45) is 2.61. The van der Waals surface area contributed by atoms with E-state index in [1.165, 1.54) is 23.4 Å². The average Bonchev–Trinajstić information content (AvgIpc) is 3.54. The number of benzene rings is 1. The summed E-state index contributed by atoms with van der Waals surface area (Å²) in [6.45, 7) is 3.82. The summed E-state index contributed by atoms with van der Waals surface area (Å²) < 4.78 is 62.8. The van der Waals surface area contributed by atoms with E-state index in [4.69, 9.17) is 9.72 Å². The van der Waals surface area contributed by atoms with Gasteiger partial charge in [0.1, 0.15) is 35.2 Å². The Labute approximate surface area is 227 Å². The van der Waals surface area contributed by atoms with Crippen molar-refractivity contribution in [2.24, 2.45) is 0 Å². The van der Waals surface area contributed by atoms with Crippen molar-refractivity contribution in [2.45, 2.75) is 57.5 Å². The lowest BCUT2D eigenvalue weighted by Crippen LogP contribution is -2.34. The molecule has 8 nitrogen and oxygen atoms in total. The minimum absolute atomic E-state index is 0.138. The van der Waals surface area contributed by atoms with Crippen molar-refractivity contribution in [1.29, 1.82) is 0 Å². The van der Waals surface area contributed by atoms with E-state index < -0.39 is 23.9 Å². The molecule has 6 rings (SSSR count). The molecule has 40 heavy (non-hydrogen) atoms. The topological polar surface area (TPSA) is 81.0 Å². The highest BCUT2D eigenvalue weighted by Gasteiger charge is 2.42. The van der Waals surface area contributed by atoms with Crippen molar-refractivity contribution >= 4 is 11.0 Å². The molecule has 4 aromatic rings. The van der Waals surface area contributed by atoms with Gasteiger partial charge in [-0.15, -0.1) is 0 Å². The Morgan fingerprint density at radius 3 is 2.60 bits per heavy atom. The second kappa shape index (κ2) is 9.76. The third-order valence-electron chi connectivity index (χ3n) is 7.21. The summed E-state index contributed by atoms with van der Waals surface area (Å²) in [4.78, 5) is 19.6. The summed E-state index contributed by atoms with van der Waals surface area (Å²) in [6, 6.07) is 6.21. The highest BCUT2D eigenvalue weighted by Crippen LogP contribution is 2.45. The number of hydrogen-bond donors (Lipinski definition) is 1. The van der Waals surface area contributed by atoms with Crippen molar-refractivity contribution < 1.29 is 22.3 Å². The number of halogens is 4. The molecule has 1 unspecified atom stereocenters. The molecular weight excluding hydrogens is 526 g/mol. The SMILES string of the molecule is COc1ncnc(C2CC2)c1-c1ncc2ccn(Cc3ccc(C4NC(C(F)(F)F)=CN4C(C)C)c(F)c3)c2n1. The van der Waals surface area contributed by atoms with Crippen LogP contribution in [0.3, 0.4) is 0 Å². The molecule has 1 saturated carbocycles. The number of aromatic nitrogens is 5. The van der Waals surface area contributed by atoms with Crippen LogP contribution in [0.2, 0.25) is 0 Å². The van der Waals surface area contributed by atoms with Gasteiger partial charge in [0, 0.05) is 48.0 Å². The van der Waals surface area contributed by atoms with Gasteiger partial charge < -0.3 is 19.5 Å². The summed E-state index contributed by atoms with van der Waals surface area (Å²) in [5, 5.41) is 3.24. The highest BCUT2D eigenvalue weighted by molar-refractivity contribution is 5.78. The van der Waals surface area contributed by atoms with Gasteiger partial charge in [-0.25, -0.2) is 24.3 Å². The third kappa shape index (κ3) is 4.71. The Morgan fingerprint density at radius 2 is 1.93 bits per heavy atom. The van der Waals surface area contributed by atoms with Crippen LogP contribution < -0.4 is 10.1 Å². The summed E-state index contributed by atoms with van der Waals surface area (Å²) in [7, 11) is 1.55. The van der Waals surface area contributed by atoms with Crippen molar-refractivity contribution in [2.75, 3.05) is 7.11 Å². The van der Waals surface area contributed by atoms with Crippen molar-refractivity contribution in [1.82, 2.24) is 34.7 Å². The number of nitrogens with zero attached hydrogens (tertiary/aromatic N) is 6. The van der Waals surface area contributed by atoms with Crippen LogP contribution in [0.5, 0.6) is 5.88 Å². The normalized spacial score (nSPS) is 17.4. The van der Waals surface area contributed by atoms with Crippen molar-refractivity contribution in [3.05, 3.63) is 77.5 Å². The molecule has 2 aliphatic rings. The largest absolute Gasteiger partial charge is 0.480 e. The lowest BCUT2D eigenvalue weighted by molar-refractivity contribution is -0.0963. The Kier molecular flexibility index (Phi) is 6.35. The fourth-order valence-electron chi connectivity index (χ4n) is 5.04. The zero-order valence-electron chi connectivity index (χ0n) is 22.1. The molecule has 4 heterocycles. The number of allylic oxidation sites excluding steroid dienone is 1. The molecular formula is C28H27F4N7O. The molecule has 0 saturated heterocycles. The van der Waals surface area contributed by atoms with E-state index in [0.29, 0.717) is 40.9 Å². The van der Waals surface area contributed by atoms with Crippen molar-refractivity contribution in [3.63, 3.8) is 0 Å². The minimum Gasteiger partial charge on any atom is -0.480 e. The molecule has 1 N–H and O–H groups in total. The van der Waals surface area contributed by atoms with Gasteiger partial charge in [0.25, 0.3) is 0 Å². The van der Waals surface area contributed by atoms with Gasteiger partial charge in [0.2, 0.25) is 5.88 Å². The number of alkyl halides is 3. The van der Waals surface area contributed by atoms with Crippen LogP contribution >= 0.6 is 0 Å². The zero-order chi connectivity index (χ0) is 28.2. The molecule has 0 amide bonds. The minimum atomic E-state index is -4.55. The molecule has 0 spiro atoms. The Bertz CT molecular complexity index is 1610. The smallest absolute Gasteiger partial charge is 0.432 e. The first-order valence-corrected chi connectivity index (χ1v) is 13.0. The predicted molar refractivity (Wildman–Crippen MR) is 140 cm³/mol. The maximum absolute atomic E-state index is 15.4. The van der Waals surface area contributed by atoms with Crippen LogP contribution in [0.15, 0.2) is 54.9 Å². The first kappa shape index (κ1) is 26.0. The summed E-state index contributed by atoms with van der Waals surface area (Å²) in [5.41, 5.74) is 2.05. The molecule has 208 valence electrons. The lowest BCUT2D eigenvalue weighted by Gasteiger charge is -2.30. The summed E-state index contributed by atoms with van der Waals surface area (Å²) in [5.74, 6) is 0.584. The van der Waals surface area contributed by atoms with Crippen LogP contribution in [0.4, 0.5) is 17.6 Å². The van der Waals surface area contributed by atoms with E-state index >= 15 is 4.39 Å². The molecule has 0 bridgehead atoms. The average molecular weight is 554 g/mol. The maximum atomic E-state index is 15.4. The Hall–Kier alpha value is -4.22. The number of methoxy groups -OCH3 is 1. The Morgan fingerprint density at radius 1 is 1.12 bits per heavy atom. The number of ether oxygens (including phenoxy) is 1. The van der Waals surface area contributed by atoms with E-state index in [2.05, 4.69) is 20.3 Å². The highest BCUT2D eigenvalue weighted by atomic mass is 19.4. The van der Waals surface area contributed by atoms with Gasteiger partial charge in [-0.1, -0.05) is 12.1 Å². The first-order valence-electron chi connectivity index (χ1n) is 13.0. The second-order valence-electron chi connectivity index (χ2n) is 10.3. The lowest BCUT2D eigenvalue weighted by atomic mass is 10.1. The maximum Gasteiger partial charge on any atom is 0.432 e. The fourth-order valence-corrected chi connectivity index (χ4v) is 5.04. The molecule has 12 heteroatoms. The summed E-state index contributed by atoms with van der Waals surface area (Å²) >= 11 is 0. The monoisotopic (exact) mass is 553 g/mol. The fraction of sp³-hybridized carbons (Fsp3) is 0.357. The van der Waals surface area contributed by atoms with Gasteiger partial charge in [-0.3, -0.25) is 0 Å².